The summed E-state index contributed by atoms with van der Waals surface area (Å²) in [6.45, 7) is 5.87. The number of guanidine groups is 1. The van der Waals surface area contributed by atoms with Gasteiger partial charge in [0.1, 0.15) is 5.82 Å². The molecule has 0 saturated carbocycles. The van der Waals surface area contributed by atoms with E-state index in [1.54, 1.807) is 24.3 Å². The molecule has 0 unspecified atom stereocenters. The Kier molecular flexibility index (Phi) is 7.15. The van der Waals surface area contributed by atoms with Crippen LogP contribution < -0.4 is 14.9 Å². The molecule has 0 amide bonds. The Balaban J connectivity index is 1.70. The number of hydrogen-bond donors (Lipinski definition) is 2. The quantitative estimate of drug-likeness (QED) is 0.541. The van der Waals surface area contributed by atoms with E-state index in [4.69, 9.17) is 4.99 Å². The van der Waals surface area contributed by atoms with E-state index in [-0.39, 0.29) is 5.82 Å². The van der Waals surface area contributed by atoms with E-state index in [9.17, 15) is 12.8 Å². The molecule has 0 aliphatic carbocycles. The first-order chi connectivity index (χ1) is 14.4. The number of rotatable bonds is 6. The van der Waals surface area contributed by atoms with Crippen molar-refractivity contribution in [2.75, 3.05) is 48.6 Å². The number of aliphatic imine (C=N–C) groups is 1. The van der Waals surface area contributed by atoms with E-state index >= 15 is 0 Å². The number of piperazine rings is 1. The second-order valence-electron chi connectivity index (χ2n) is 7.13. The lowest BCUT2D eigenvalue weighted by Gasteiger charge is -2.37. The van der Waals surface area contributed by atoms with Crippen molar-refractivity contribution in [3.8, 4) is 0 Å². The largest absolute Gasteiger partial charge is 0.366 e. The van der Waals surface area contributed by atoms with E-state index in [2.05, 4.69) is 14.9 Å². The molecule has 3 rings (SSSR count). The lowest BCUT2D eigenvalue weighted by Crippen LogP contribution is -2.52. The van der Waals surface area contributed by atoms with Crippen LogP contribution in [0.2, 0.25) is 0 Å². The summed E-state index contributed by atoms with van der Waals surface area (Å²) in [6, 6.07) is 14.1. The highest BCUT2D eigenvalue weighted by molar-refractivity contribution is 7.92. The Labute approximate surface area is 177 Å². The number of para-hydroxylation sites is 2. The van der Waals surface area contributed by atoms with Gasteiger partial charge in [0.2, 0.25) is 10.0 Å². The molecule has 1 aliphatic rings. The molecule has 162 valence electrons. The Morgan fingerprint density at radius 1 is 1.07 bits per heavy atom. The van der Waals surface area contributed by atoms with Gasteiger partial charge in [-0.25, -0.2) is 17.8 Å². The smallest absolute Gasteiger partial charge is 0.229 e. The van der Waals surface area contributed by atoms with Crippen LogP contribution in [0.15, 0.2) is 53.5 Å². The number of nitrogens with zero attached hydrogens (tertiary/aromatic N) is 3. The molecule has 2 N–H and O–H groups in total. The van der Waals surface area contributed by atoms with E-state index < -0.39 is 10.0 Å². The number of nitrogens with one attached hydrogen (secondary N) is 2. The van der Waals surface area contributed by atoms with Crippen molar-refractivity contribution >= 4 is 27.4 Å². The zero-order chi connectivity index (χ0) is 21.6. The van der Waals surface area contributed by atoms with E-state index in [1.165, 1.54) is 6.07 Å². The number of benzene rings is 2. The van der Waals surface area contributed by atoms with Gasteiger partial charge < -0.3 is 15.1 Å². The van der Waals surface area contributed by atoms with Crippen molar-refractivity contribution in [2.45, 2.75) is 13.5 Å². The zero-order valence-electron chi connectivity index (χ0n) is 17.3. The fraction of sp³-hybridized carbons (Fsp3) is 0.381. The molecule has 2 aromatic carbocycles. The van der Waals surface area contributed by atoms with Crippen LogP contribution in [-0.4, -0.2) is 58.3 Å². The summed E-state index contributed by atoms with van der Waals surface area (Å²) in [6.07, 6.45) is 1.13. The highest BCUT2D eigenvalue weighted by atomic mass is 32.2. The van der Waals surface area contributed by atoms with Crippen LogP contribution in [0, 0.1) is 5.82 Å². The molecule has 0 spiro atoms. The summed E-state index contributed by atoms with van der Waals surface area (Å²) in [4.78, 5) is 8.91. The standard InChI is InChI=1S/C21H28FN5O2S/c1-3-23-21(24-16-17-8-4-6-10-19(17)25-30(2,28)29)27-14-12-26(13-15-27)20-11-7-5-9-18(20)22/h4-11,25H,3,12-16H2,1-2H3,(H,23,24). The molecular formula is C21H28FN5O2S. The van der Waals surface area contributed by atoms with E-state index in [1.807, 2.05) is 30.0 Å². The van der Waals surface area contributed by atoms with Gasteiger partial charge in [-0.3, -0.25) is 4.72 Å². The normalized spacial score (nSPS) is 15.2. The molecule has 0 radical (unpaired) electrons. The van der Waals surface area contributed by atoms with Crippen LogP contribution in [0.3, 0.4) is 0 Å². The van der Waals surface area contributed by atoms with E-state index in [0.29, 0.717) is 44.1 Å². The second kappa shape index (κ2) is 9.80. The summed E-state index contributed by atoms with van der Waals surface area (Å²) < 4.78 is 39.8. The van der Waals surface area contributed by atoms with Gasteiger partial charge in [0.05, 0.1) is 24.2 Å². The van der Waals surface area contributed by atoms with Crippen molar-refractivity contribution in [3.63, 3.8) is 0 Å². The number of sulfonamides is 1. The summed E-state index contributed by atoms with van der Waals surface area (Å²) in [5, 5.41) is 3.30. The second-order valence-corrected chi connectivity index (χ2v) is 8.88. The summed E-state index contributed by atoms with van der Waals surface area (Å²) in [5.41, 5.74) is 1.95. The van der Waals surface area contributed by atoms with Crippen LogP contribution >= 0.6 is 0 Å². The molecule has 7 nitrogen and oxygen atoms in total. The fourth-order valence-corrected chi connectivity index (χ4v) is 4.01. The molecule has 0 atom stereocenters. The molecule has 1 saturated heterocycles. The summed E-state index contributed by atoms with van der Waals surface area (Å²) in [7, 11) is -3.37. The molecule has 30 heavy (non-hydrogen) atoms. The SMILES string of the molecule is CCNC(=NCc1ccccc1NS(C)(=O)=O)N1CCN(c2ccccc2F)CC1. The predicted octanol–water partition coefficient (Wildman–Crippen LogP) is 2.48. The van der Waals surface area contributed by atoms with Crippen LogP contribution in [0.1, 0.15) is 12.5 Å². The van der Waals surface area contributed by atoms with Gasteiger partial charge in [-0.05, 0) is 30.7 Å². The van der Waals surface area contributed by atoms with Gasteiger partial charge in [-0.2, -0.15) is 0 Å². The maximum absolute atomic E-state index is 14.1. The van der Waals surface area contributed by atoms with Crippen molar-refractivity contribution in [3.05, 3.63) is 59.9 Å². The van der Waals surface area contributed by atoms with Crippen LogP contribution in [0.5, 0.6) is 0 Å². The Morgan fingerprint density at radius 2 is 1.73 bits per heavy atom. The molecule has 0 bridgehead atoms. The maximum Gasteiger partial charge on any atom is 0.229 e. The lowest BCUT2D eigenvalue weighted by atomic mass is 10.2. The highest BCUT2D eigenvalue weighted by Crippen LogP contribution is 2.21. The molecule has 1 aliphatic heterocycles. The predicted molar refractivity (Wildman–Crippen MR) is 120 cm³/mol. The Bertz CT molecular complexity index is 988. The monoisotopic (exact) mass is 433 g/mol. The first-order valence-corrected chi connectivity index (χ1v) is 11.8. The molecule has 2 aromatic rings. The van der Waals surface area contributed by atoms with Crippen LogP contribution in [0.25, 0.3) is 0 Å². The zero-order valence-corrected chi connectivity index (χ0v) is 18.1. The average molecular weight is 434 g/mol. The maximum atomic E-state index is 14.1. The van der Waals surface area contributed by atoms with Gasteiger partial charge >= 0.3 is 0 Å². The molecule has 0 aromatic heterocycles. The summed E-state index contributed by atoms with van der Waals surface area (Å²) >= 11 is 0. The fourth-order valence-electron chi connectivity index (χ4n) is 3.41. The molecule has 9 heteroatoms. The topological polar surface area (TPSA) is 77.0 Å². The van der Waals surface area contributed by atoms with E-state index in [0.717, 1.165) is 24.3 Å². The minimum Gasteiger partial charge on any atom is -0.366 e. The van der Waals surface area contributed by atoms with Gasteiger partial charge in [0, 0.05) is 32.7 Å². The molecule has 1 heterocycles. The van der Waals surface area contributed by atoms with Crippen LogP contribution in [0.4, 0.5) is 15.8 Å². The van der Waals surface area contributed by atoms with Crippen molar-refractivity contribution < 1.29 is 12.8 Å². The van der Waals surface area contributed by atoms with Gasteiger partial charge in [-0.1, -0.05) is 30.3 Å². The Morgan fingerprint density at radius 3 is 2.40 bits per heavy atom. The van der Waals surface area contributed by atoms with Crippen LogP contribution in [-0.2, 0) is 16.6 Å². The Hall–Kier alpha value is -2.81. The lowest BCUT2D eigenvalue weighted by molar-refractivity contribution is 0.370. The van der Waals surface area contributed by atoms with Gasteiger partial charge in [0.15, 0.2) is 5.96 Å². The van der Waals surface area contributed by atoms with Gasteiger partial charge in [-0.15, -0.1) is 0 Å². The highest BCUT2D eigenvalue weighted by Gasteiger charge is 2.21. The molecule has 1 fully saturated rings. The summed E-state index contributed by atoms with van der Waals surface area (Å²) in [5.74, 6) is 0.557. The minimum absolute atomic E-state index is 0.207. The third-order valence-corrected chi connectivity index (χ3v) is 5.41. The third kappa shape index (κ3) is 5.85. The van der Waals surface area contributed by atoms with Crippen molar-refractivity contribution in [2.24, 2.45) is 4.99 Å². The number of anilines is 2. The molecular weight excluding hydrogens is 405 g/mol. The van der Waals surface area contributed by atoms with Crippen molar-refractivity contribution in [1.82, 2.24) is 10.2 Å². The minimum atomic E-state index is -3.37. The first-order valence-electron chi connectivity index (χ1n) is 9.96. The average Bonchev–Trinajstić information content (AvgIpc) is 2.72. The number of halogens is 1. The number of hydrogen-bond acceptors (Lipinski definition) is 4. The first kappa shape index (κ1) is 21.9. The van der Waals surface area contributed by atoms with Gasteiger partial charge in [0.25, 0.3) is 0 Å². The van der Waals surface area contributed by atoms with Crippen molar-refractivity contribution in [1.29, 1.82) is 0 Å². The third-order valence-electron chi connectivity index (χ3n) is 4.82.